The molecule has 5 rings (SSSR count). The Morgan fingerprint density at radius 3 is 2.35 bits per heavy atom. The Kier molecular flexibility index (Phi) is 9.69. The van der Waals surface area contributed by atoms with Crippen LogP contribution in [-0.2, 0) is 15.6 Å². The fraction of sp³-hybridized carbons (Fsp3) is 0.647. The van der Waals surface area contributed by atoms with Crippen molar-refractivity contribution in [3.63, 3.8) is 0 Å². The van der Waals surface area contributed by atoms with Gasteiger partial charge in [0, 0.05) is 17.1 Å². The van der Waals surface area contributed by atoms with Crippen molar-refractivity contribution in [1.29, 1.82) is 0 Å². The Morgan fingerprint density at radius 1 is 1.09 bits per heavy atom. The minimum absolute atomic E-state index is 0.0840. The van der Waals surface area contributed by atoms with E-state index in [1.165, 1.54) is 0 Å². The van der Waals surface area contributed by atoms with Gasteiger partial charge >= 0.3 is 0 Å². The van der Waals surface area contributed by atoms with Gasteiger partial charge in [-0.05, 0) is 84.9 Å². The minimum Gasteiger partial charge on any atom is -0.507 e. The monoisotopic (exact) mass is 717 g/mol. The number of unbranched alkanes of at least 4 members (excludes halogenated alkanes) is 2. The first-order chi connectivity index (χ1) is 21.6. The molecule has 1 saturated carbocycles. The third-order valence-corrected chi connectivity index (χ3v) is 15.4. The molecule has 2 heterocycles. The van der Waals surface area contributed by atoms with Gasteiger partial charge in [0.05, 0.1) is 31.0 Å². The van der Waals surface area contributed by atoms with Gasteiger partial charge in [-0.3, -0.25) is 14.5 Å². The first kappa shape index (κ1) is 34.8. The molecule has 0 bridgehead atoms. The maximum atomic E-state index is 15.4. The van der Waals surface area contributed by atoms with E-state index in [0.29, 0.717) is 47.7 Å². The molecule has 1 N–H and O–H groups in total. The van der Waals surface area contributed by atoms with Gasteiger partial charge in [-0.1, -0.05) is 47.5 Å². The van der Waals surface area contributed by atoms with Crippen LogP contribution in [0.5, 0.6) is 11.6 Å². The summed E-state index contributed by atoms with van der Waals surface area (Å²) in [6.45, 7) is 15.3. The average Bonchev–Trinajstić information content (AvgIpc) is 3.38. The molecule has 0 spiro atoms. The predicted molar refractivity (Wildman–Crippen MR) is 181 cm³/mol. The Balaban J connectivity index is 1.76. The van der Waals surface area contributed by atoms with E-state index in [9.17, 15) is 5.11 Å². The fourth-order valence-corrected chi connectivity index (χ4v) is 8.73. The summed E-state index contributed by atoms with van der Waals surface area (Å²) in [6.07, 6.45) is 5.86. The molecule has 3 aliphatic rings. The SMILES string of the molecule is CCCCOc1cnc(Br)c2c1C(O)=C1C(=O)[C@]3(O[Si](C)(C)C(C)(C)C)C(=O)c4c(OCCCC)noc4[C@@H](N(C)C)[C@@H]3C[C@@H]1C2. The first-order valence-electron chi connectivity index (χ1n) is 16.4. The van der Waals surface area contributed by atoms with Crippen molar-refractivity contribution in [2.45, 2.75) is 103 Å². The second kappa shape index (κ2) is 12.8. The molecule has 0 aromatic carbocycles. The molecule has 0 saturated heterocycles. The van der Waals surface area contributed by atoms with Gasteiger partial charge in [-0.25, -0.2) is 4.98 Å². The van der Waals surface area contributed by atoms with Crippen molar-refractivity contribution in [2.24, 2.45) is 11.8 Å². The molecule has 12 heteroatoms. The lowest BCUT2D eigenvalue weighted by atomic mass is 9.57. The number of halogens is 1. The summed E-state index contributed by atoms with van der Waals surface area (Å²) in [7, 11) is 1.02. The number of nitrogens with zero attached hydrogens (tertiary/aromatic N) is 3. The quantitative estimate of drug-likeness (QED) is 0.108. The summed E-state index contributed by atoms with van der Waals surface area (Å²) in [4.78, 5) is 37.0. The predicted octanol–water partition coefficient (Wildman–Crippen LogP) is 7.48. The van der Waals surface area contributed by atoms with E-state index < -0.39 is 37.4 Å². The van der Waals surface area contributed by atoms with Crippen LogP contribution in [0.4, 0.5) is 0 Å². The van der Waals surface area contributed by atoms with Crippen molar-refractivity contribution in [2.75, 3.05) is 27.3 Å². The van der Waals surface area contributed by atoms with Crippen molar-refractivity contribution in [1.82, 2.24) is 15.0 Å². The van der Waals surface area contributed by atoms with Gasteiger partial charge in [0.1, 0.15) is 21.7 Å². The molecular formula is C34H48BrN3O7Si. The zero-order valence-electron chi connectivity index (χ0n) is 28.6. The standard InChI is InChI=1S/C34H48BrN3O7Si/c1-10-12-14-42-22-18-36-31(35)20-16-19-17-21-26(38(6)7)28-25(32(37-44-28)43-15-13-11-2)30(41)34(21,45-46(8,9)33(3,4)5)29(40)23(19)27(39)24(20)22/h18-19,21,26,39H,10-17H2,1-9H3/t19-,21-,26-,34-/m0/s1. The Morgan fingerprint density at radius 2 is 1.74 bits per heavy atom. The lowest BCUT2D eigenvalue weighted by Crippen LogP contribution is -2.68. The molecule has 0 radical (unpaired) electrons. The summed E-state index contributed by atoms with van der Waals surface area (Å²) in [5.74, 6) is -1.29. The molecule has 4 atom stereocenters. The summed E-state index contributed by atoms with van der Waals surface area (Å²) in [5, 5.41) is 16.0. The molecule has 252 valence electrons. The number of rotatable bonds is 11. The maximum absolute atomic E-state index is 15.4. The lowest BCUT2D eigenvalue weighted by Gasteiger charge is -2.55. The van der Waals surface area contributed by atoms with E-state index in [-0.39, 0.29) is 33.7 Å². The zero-order chi connectivity index (χ0) is 33.8. The number of pyridine rings is 1. The smallest absolute Gasteiger partial charge is 0.265 e. The number of ether oxygens (including phenoxy) is 2. The van der Waals surface area contributed by atoms with Crippen molar-refractivity contribution >= 4 is 41.6 Å². The van der Waals surface area contributed by atoms with Crippen molar-refractivity contribution < 1.29 is 33.1 Å². The molecule has 0 amide bonds. The number of aromatic nitrogens is 2. The Hall–Kier alpha value is -2.54. The van der Waals surface area contributed by atoms with E-state index in [1.54, 1.807) is 6.20 Å². The van der Waals surface area contributed by atoms with Gasteiger partial charge in [-0.15, -0.1) is 0 Å². The van der Waals surface area contributed by atoms with E-state index in [1.807, 2.05) is 32.1 Å². The van der Waals surface area contributed by atoms with Crippen LogP contribution in [0.15, 0.2) is 20.9 Å². The van der Waals surface area contributed by atoms with E-state index in [2.05, 4.69) is 60.7 Å². The zero-order valence-corrected chi connectivity index (χ0v) is 31.2. The van der Waals surface area contributed by atoms with Gasteiger partial charge in [-0.2, -0.15) is 0 Å². The highest BCUT2D eigenvalue weighted by atomic mass is 79.9. The second-order valence-electron chi connectivity index (χ2n) is 14.6. The van der Waals surface area contributed by atoms with Crippen molar-refractivity contribution in [3.8, 4) is 11.6 Å². The summed E-state index contributed by atoms with van der Waals surface area (Å²) < 4.78 is 25.7. The number of aliphatic hydroxyl groups is 1. The molecule has 2 aromatic rings. The highest BCUT2D eigenvalue weighted by molar-refractivity contribution is 9.10. The van der Waals surface area contributed by atoms with Crippen LogP contribution < -0.4 is 9.47 Å². The number of aliphatic hydroxyl groups excluding tert-OH is 1. The molecule has 2 aromatic heterocycles. The maximum Gasteiger partial charge on any atom is 0.265 e. The molecule has 0 aliphatic heterocycles. The fourth-order valence-electron chi connectivity index (χ4n) is 6.82. The summed E-state index contributed by atoms with van der Waals surface area (Å²) >= 11 is 3.59. The number of ketones is 2. The summed E-state index contributed by atoms with van der Waals surface area (Å²) in [5.41, 5.74) is -0.325. The number of hydrogen-bond acceptors (Lipinski definition) is 10. The molecule has 0 unspecified atom stereocenters. The van der Waals surface area contributed by atoms with Crippen LogP contribution in [0.25, 0.3) is 5.76 Å². The summed E-state index contributed by atoms with van der Waals surface area (Å²) in [6, 6.07) is -0.507. The van der Waals surface area contributed by atoms with Gasteiger partial charge in [0.2, 0.25) is 11.6 Å². The van der Waals surface area contributed by atoms with Crippen LogP contribution in [-0.4, -0.2) is 72.9 Å². The van der Waals surface area contributed by atoms with Crippen LogP contribution in [0.3, 0.4) is 0 Å². The molecule has 10 nitrogen and oxygen atoms in total. The molecule has 46 heavy (non-hydrogen) atoms. The topological polar surface area (TPSA) is 124 Å². The van der Waals surface area contributed by atoms with Crippen LogP contribution in [0.2, 0.25) is 18.1 Å². The second-order valence-corrected chi connectivity index (χ2v) is 20.0. The van der Waals surface area contributed by atoms with Crippen LogP contribution in [0.1, 0.15) is 100 Å². The first-order valence-corrected chi connectivity index (χ1v) is 20.1. The third-order valence-electron chi connectivity index (χ3n) is 10.3. The number of carbonyl (C=O) groups excluding carboxylic acids is 2. The van der Waals surface area contributed by atoms with Crippen LogP contribution >= 0.6 is 15.9 Å². The normalized spacial score (nSPS) is 24.5. The molecular weight excluding hydrogens is 670 g/mol. The van der Waals surface area contributed by atoms with Gasteiger partial charge < -0.3 is 23.5 Å². The van der Waals surface area contributed by atoms with E-state index in [4.69, 9.17) is 18.4 Å². The average molecular weight is 719 g/mol. The minimum atomic E-state index is -2.80. The van der Waals surface area contributed by atoms with Crippen LogP contribution in [0, 0.1) is 11.8 Å². The Bertz CT molecular complexity index is 1550. The number of hydrogen-bond donors (Lipinski definition) is 1. The number of fused-ring (bicyclic) bond motifs is 4. The largest absolute Gasteiger partial charge is 0.507 e. The van der Waals surface area contributed by atoms with Gasteiger partial charge in [0.15, 0.2) is 19.7 Å². The Labute approximate surface area is 281 Å². The highest BCUT2D eigenvalue weighted by Gasteiger charge is 2.68. The molecule has 3 aliphatic carbocycles. The van der Waals surface area contributed by atoms with Gasteiger partial charge in [0.25, 0.3) is 5.88 Å². The highest BCUT2D eigenvalue weighted by Crippen LogP contribution is 2.59. The van der Waals surface area contributed by atoms with Crippen molar-refractivity contribution in [3.05, 3.63) is 38.8 Å². The van der Waals surface area contributed by atoms with E-state index >= 15 is 9.59 Å². The van der Waals surface area contributed by atoms with E-state index in [0.717, 1.165) is 31.2 Å². The third kappa shape index (κ3) is 5.56. The number of carbonyl (C=O) groups is 2. The lowest BCUT2D eigenvalue weighted by molar-refractivity contribution is -0.140. The molecule has 1 fully saturated rings. The number of Topliss-reactive ketones (excluding diaryl/α,β-unsaturated/α-hetero) is 2.